The van der Waals surface area contributed by atoms with Gasteiger partial charge in [0, 0.05) is 6.42 Å². The second kappa shape index (κ2) is 10.9. The Bertz CT molecular complexity index is 465. The second-order valence-electron chi connectivity index (χ2n) is 6.79. The van der Waals surface area contributed by atoms with Crippen molar-refractivity contribution < 1.29 is 14.3 Å². The lowest BCUT2D eigenvalue weighted by Gasteiger charge is -2.27. The van der Waals surface area contributed by atoms with Gasteiger partial charge in [0.2, 0.25) is 11.6 Å². The number of ether oxygens (including phenoxy) is 1. The lowest BCUT2D eigenvalue weighted by atomic mass is 10.1. The summed E-state index contributed by atoms with van der Waals surface area (Å²) < 4.78 is 5.49. The van der Waals surface area contributed by atoms with Crippen LogP contribution in [-0.2, 0) is 14.3 Å². The van der Waals surface area contributed by atoms with Crippen LogP contribution in [0, 0.1) is 0 Å². The molecule has 8 nitrogen and oxygen atoms in total. The van der Waals surface area contributed by atoms with E-state index in [1.165, 1.54) is 19.8 Å². The molecule has 0 bridgehead atoms. The minimum absolute atomic E-state index is 0.0643. The van der Waals surface area contributed by atoms with Gasteiger partial charge >= 0.3 is 5.97 Å². The molecule has 1 amide bonds. The molecule has 0 aromatic heterocycles. The number of carbonyl (C=O) groups excluding carboxylic acids is 2. The summed E-state index contributed by atoms with van der Waals surface area (Å²) in [7, 11) is 0. The van der Waals surface area contributed by atoms with E-state index in [-0.39, 0.29) is 24.6 Å². The maximum absolute atomic E-state index is 12.5. The molecule has 0 spiro atoms. The van der Waals surface area contributed by atoms with Gasteiger partial charge in [-0.3, -0.25) is 10.1 Å². The van der Waals surface area contributed by atoms with E-state index in [9.17, 15) is 9.59 Å². The van der Waals surface area contributed by atoms with E-state index in [1.807, 2.05) is 6.92 Å². The second-order valence-corrected chi connectivity index (χ2v) is 6.79. The molecule has 2 unspecified atom stereocenters. The van der Waals surface area contributed by atoms with Gasteiger partial charge in [-0.25, -0.2) is 9.79 Å². The van der Waals surface area contributed by atoms with Gasteiger partial charge in [-0.15, -0.1) is 0 Å². The minimum atomic E-state index is -1.44. The van der Waals surface area contributed by atoms with Crippen molar-refractivity contribution in [3.8, 4) is 0 Å². The van der Waals surface area contributed by atoms with Gasteiger partial charge in [0.1, 0.15) is 0 Å². The molecule has 1 rings (SSSR count). The Morgan fingerprint density at radius 2 is 1.72 bits per heavy atom. The number of esters is 1. The molecule has 1 fully saturated rings. The van der Waals surface area contributed by atoms with Crippen LogP contribution in [0.2, 0.25) is 0 Å². The molecule has 1 saturated heterocycles. The Kier molecular flexibility index (Phi) is 9.26. The highest BCUT2D eigenvalue weighted by molar-refractivity contribution is 5.85. The zero-order valence-electron chi connectivity index (χ0n) is 15.5. The Morgan fingerprint density at radius 1 is 1.12 bits per heavy atom. The van der Waals surface area contributed by atoms with Crippen LogP contribution in [0.4, 0.5) is 0 Å². The van der Waals surface area contributed by atoms with E-state index < -0.39 is 11.6 Å². The number of nitrogens with zero attached hydrogens (tertiary/aromatic N) is 1. The first kappa shape index (κ1) is 21.2. The summed E-state index contributed by atoms with van der Waals surface area (Å²) in [6.07, 6.45) is 8.63. The average molecular weight is 355 g/mol. The fourth-order valence-corrected chi connectivity index (χ4v) is 2.78. The Labute approximate surface area is 150 Å². The molecule has 0 aromatic rings. The molecule has 1 aliphatic heterocycles. The predicted molar refractivity (Wildman–Crippen MR) is 97.5 cm³/mol. The van der Waals surface area contributed by atoms with E-state index in [2.05, 4.69) is 15.6 Å². The van der Waals surface area contributed by atoms with Crippen molar-refractivity contribution in [2.75, 3.05) is 6.67 Å². The molecule has 0 radical (unpaired) electrons. The zero-order valence-corrected chi connectivity index (χ0v) is 15.5. The molecule has 8 heteroatoms. The van der Waals surface area contributed by atoms with Gasteiger partial charge in [-0.05, 0) is 33.1 Å². The maximum atomic E-state index is 12.5. The fourth-order valence-electron chi connectivity index (χ4n) is 2.78. The lowest BCUT2D eigenvalue weighted by Crippen LogP contribution is -2.54. The quantitative estimate of drug-likeness (QED) is 0.316. The molecular weight excluding hydrogens is 322 g/mol. The number of cyclic esters (lactones) is 1. The van der Waals surface area contributed by atoms with Crippen molar-refractivity contribution in [3.05, 3.63) is 0 Å². The van der Waals surface area contributed by atoms with Crippen LogP contribution in [0.5, 0.6) is 0 Å². The van der Waals surface area contributed by atoms with Crippen molar-refractivity contribution in [3.63, 3.8) is 0 Å². The zero-order chi connectivity index (χ0) is 18.7. The normalized spacial score (nSPS) is 28.3. The topological polar surface area (TPSA) is 132 Å². The predicted octanol–water partition coefficient (Wildman–Crippen LogP) is 1.10. The third-order valence-electron chi connectivity index (χ3n) is 4.29. The molecule has 1 heterocycles. The number of hydrogen-bond acceptors (Lipinski definition) is 5. The van der Waals surface area contributed by atoms with Crippen molar-refractivity contribution >= 4 is 17.8 Å². The van der Waals surface area contributed by atoms with Gasteiger partial charge in [0.25, 0.3) is 0 Å². The highest BCUT2D eigenvalue weighted by Crippen LogP contribution is 2.15. The summed E-state index contributed by atoms with van der Waals surface area (Å²) in [5.74, 6) is -0.852. The number of nitrogens with one attached hydrogen (secondary N) is 2. The van der Waals surface area contributed by atoms with Crippen LogP contribution in [-0.4, -0.2) is 36.3 Å². The molecule has 2 atom stereocenters. The van der Waals surface area contributed by atoms with E-state index in [1.54, 1.807) is 0 Å². The van der Waals surface area contributed by atoms with Gasteiger partial charge in [0.05, 0.1) is 12.8 Å². The van der Waals surface area contributed by atoms with Crippen LogP contribution in [0.25, 0.3) is 0 Å². The van der Waals surface area contributed by atoms with Crippen LogP contribution < -0.4 is 22.1 Å². The molecule has 25 heavy (non-hydrogen) atoms. The third-order valence-corrected chi connectivity index (χ3v) is 4.29. The molecule has 0 aromatic carbocycles. The average Bonchev–Trinajstić information content (AvgIpc) is 2.51. The largest absolute Gasteiger partial charge is 0.460 e. The van der Waals surface area contributed by atoms with Gasteiger partial charge < -0.3 is 21.5 Å². The van der Waals surface area contributed by atoms with E-state index in [0.29, 0.717) is 6.42 Å². The lowest BCUT2D eigenvalue weighted by molar-refractivity contribution is -0.156. The van der Waals surface area contributed by atoms with Crippen LogP contribution >= 0.6 is 0 Å². The standard InChI is InChI=1S/C17H33N5O3/c1-13-10-8-6-4-3-5-7-9-11-14(23)20-12-21-17(2,15(24)25-13)22-16(18)19/h13,21H,3-12H2,1-2H3,(H,20,23)(H4,18,19,22). The SMILES string of the molecule is CC1CCCCCCCCCC(=O)NCNC(C)(N=C(N)N)C(=O)O1. The third kappa shape index (κ3) is 8.72. The minimum Gasteiger partial charge on any atom is -0.460 e. The first-order valence-corrected chi connectivity index (χ1v) is 9.17. The van der Waals surface area contributed by atoms with Gasteiger partial charge in [-0.1, -0.05) is 32.1 Å². The summed E-state index contributed by atoms with van der Waals surface area (Å²) in [6.45, 7) is 3.47. The highest BCUT2D eigenvalue weighted by Gasteiger charge is 2.35. The number of hydrogen-bond donors (Lipinski definition) is 4. The van der Waals surface area contributed by atoms with Gasteiger partial charge in [-0.2, -0.15) is 0 Å². The number of carbonyl (C=O) groups is 2. The first-order valence-electron chi connectivity index (χ1n) is 9.17. The number of nitrogens with two attached hydrogens (primary N) is 2. The van der Waals surface area contributed by atoms with E-state index in [0.717, 1.165) is 38.5 Å². The summed E-state index contributed by atoms with van der Waals surface area (Å²) >= 11 is 0. The summed E-state index contributed by atoms with van der Waals surface area (Å²) in [5, 5.41) is 5.60. The number of rotatable bonds is 1. The van der Waals surface area contributed by atoms with Crippen molar-refractivity contribution in [1.82, 2.24) is 10.6 Å². The van der Waals surface area contributed by atoms with E-state index >= 15 is 0 Å². The summed E-state index contributed by atoms with van der Waals surface area (Å²) in [5.41, 5.74) is 9.45. The summed E-state index contributed by atoms with van der Waals surface area (Å²) in [6, 6.07) is 0. The van der Waals surface area contributed by atoms with Crippen LogP contribution in [0.15, 0.2) is 4.99 Å². The Balaban J connectivity index is 2.75. The van der Waals surface area contributed by atoms with Gasteiger partial charge in [0.15, 0.2) is 5.96 Å². The molecule has 6 N–H and O–H groups in total. The molecule has 1 aliphatic rings. The number of guanidine groups is 1. The fraction of sp³-hybridized carbons (Fsp3) is 0.824. The van der Waals surface area contributed by atoms with Crippen molar-refractivity contribution in [2.45, 2.75) is 83.4 Å². The smallest absolute Gasteiger partial charge is 0.349 e. The maximum Gasteiger partial charge on any atom is 0.349 e. The Morgan fingerprint density at radius 3 is 2.36 bits per heavy atom. The first-order chi connectivity index (χ1) is 11.8. The van der Waals surface area contributed by atoms with E-state index in [4.69, 9.17) is 16.2 Å². The summed E-state index contributed by atoms with van der Waals surface area (Å²) in [4.78, 5) is 28.3. The monoisotopic (exact) mass is 355 g/mol. The number of amides is 1. The molecule has 144 valence electrons. The van der Waals surface area contributed by atoms with Crippen LogP contribution in [0.1, 0.15) is 71.6 Å². The molecule has 0 aliphatic carbocycles. The van der Waals surface area contributed by atoms with Crippen molar-refractivity contribution in [2.24, 2.45) is 16.5 Å². The van der Waals surface area contributed by atoms with Crippen molar-refractivity contribution in [1.29, 1.82) is 0 Å². The molecule has 0 saturated carbocycles. The number of aliphatic imine (C=N–C) groups is 1. The van der Waals surface area contributed by atoms with Crippen LogP contribution in [0.3, 0.4) is 0 Å². The Hall–Kier alpha value is -1.83. The molecular formula is C17H33N5O3. The highest BCUT2D eigenvalue weighted by atomic mass is 16.5.